The Labute approximate surface area is 181 Å². The molecular weight excluding hydrogens is 400 g/mol. The Balaban J connectivity index is 1.49. The molecule has 2 fully saturated rings. The molecule has 2 aliphatic heterocycles. The van der Waals surface area contributed by atoms with Crippen LogP contribution >= 0.6 is 11.3 Å². The average Bonchev–Trinajstić information content (AvgIpc) is 3.24. The summed E-state index contributed by atoms with van der Waals surface area (Å²) in [5.74, 6) is -0.543. The highest BCUT2D eigenvalue weighted by molar-refractivity contribution is 7.18. The van der Waals surface area contributed by atoms with Gasteiger partial charge in [0.1, 0.15) is 4.88 Å². The van der Waals surface area contributed by atoms with Crippen LogP contribution in [0.5, 0.6) is 0 Å². The van der Waals surface area contributed by atoms with Crippen LogP contribution in [0.4, 0.5) is 5.00 Å². The van der Waals surface area contributed by atoms with Crippen molar-refractivity contribution in [1.29, 1.82) is 0 Å². The lowest BCUT2D eigenvalue weighted by Gasteiger charge is -2.33. The van der Waals surface area contributed by atoms with Gasteiger partial charge in [0.05, 0.1) is 18.2 Å². The van der Waals surface area contributed by atoms with Gasteiger partial charge in [0.25, 0.3) is 5.91 Å². The van der Waals surface area contributed by atoms with Gasteiger partial charge in [0, 0.05) is 31.2 Å². The number of rotatable bonds is 5. The van der Waals surface area contributed by atoms with E-state index in [0.29, 0.717) is 18.1 Å². The largest absolute Gasteiger partial charge is 0.451 e. The highest BCUT2D eigenvalue weighted by Gasteiger charge is 2.26. The summed E-state index contributed by atoms with van der Waals surface area (Å²) in [5, 5.41) is 1.05. The second kappa shape index (κ2) is 9.62. The van der Waals surface area contributed by atoms with Crippen LogP contribution in [0.15, 0.2) is 36.4 Å². The first-order valence-electron chi connectivity index (χ1n) is 10.6. The maximum absolute atomic E-state index is 12.8. The van der Waals surface area contributed by atoms with Gasteiger partial charge in [-0.2, -0.15) is 0 Å². The summed E-state index contributed by atoms with van der Waals surface area (Å²) in [5.41, 5.74) is 2.08. The summed E-state index contributed by atoms with van der Waals surface area (Å²) in [7, 11) is 0. The smallest absolute Gasteiger partial charge is 0.348 e. The van der Waals surface area contributed by atoms with Crippen LogP contribution in [0.1, 0.15) is 35.9 Å². The van der Waals surface area contributed by atoms with E-state index in [2.05, 4.69) is 11.8 Å². The Bertz CT molecular complexity index is 877. The van der Waals surface area contributed by atoms with E-state index in [1.165, 1.54) is 11.3 Å². The second-order valence-corrected chi connectivity index (χ2v) is 8.83. The minimum absolute atomic E-state index is 0.108. The Hall–Kier alpha value is -2.38. The monoisotopic (exact) mass is 428 g/mol. The molecule has 1 unspecified atom stereocenters. The number of carbonyl (C=O) groups excluding carboxylic acids is 2. The zero-order valence-electron chi connectivity index (χ0n) is 17.3. The molecule has 2 aliphatic rings. The van der Waals surface area contributed by atoms with E-state index in [0.717, 1.165) is 55.0 Å². The lowest BCUT2D eigenvalue weighted by molar-refractivity contribution is -0.137. The van der Waals surface area contributed by atoms with Gasteiger partial charge in [0.2, 0.25) is 0 Å². The van der Waals surface area contributed by atoms with Crippen molar-refractivity contribution >= 4 is 28.2 Å². The third-order valence-corrected chi connectivity index (χ3v) is 6.92. The third kappa shape index (κ3) is 4.68. The first-order valence-corrected chi connectivity index (χ1v) is 11.4. The van der Waals surface area contributed by atoms with Gasteiger partial charge in [0.15, 0.2) is 6.61 Å². The molecule has 160 valence electrons. The number of anilines is 1. The lowest BCUT2D eigenvalue weighted by atomic mass is 10.0. The van der Waals surface area contributed by atoms with Crippen molar-refractivity contribution in [3.05, 3.63) is 41.3 Å². The summed E-state index contributed by atoms with van der Waals surface area (Å²) in [6, 6.07) is 12.2. The quantitative estimate of drug-likeness (QED) is 0.678. The molecule has 2 aromatic rings. The molecule has 7 heteroatoms. The summed E-state index contributed by atoms with van der Waals surface area (Å²) in [6.07, 6.45) is 3.17. The molecule has 0 radical (unpaired) electrons. The molecule has 0 spiro atoms. The van der Waals surface area contributed by atoms with Gasteiger partial charge in [-0.1, -0.05) is 30.3 Å². The minimum Gasteiger partial charge on any atom is -0.451 e. The number of likely N-dealkylation sites (tertiary alicyclic amines) is 1. The van der Waals surface area contributed by atoms with Gasteiger partial charge in [-0.25, -0.2) is 4.79 Å². The van der Waals surface area contributed by atoms with E-state index in [1.807, 2.05) is 41.3 Å². The maximum Gasteiger partial charge on any atom is 0.348 e. The van der Waals surface area contributed by atoms with Gasteiger partial charge < -0.3 is 19.3 Å². The Kier molecular flexibility index (Phi) is 6.69. The number of hydrogen-bond acceptors (Lipinski definition) is 6. The number of esters is 1. The number of piperidine rings is 1. The second-order valence-electron chi connectivity index (χ2n) is 7.80. The molecule has 0 saturated carbocycles. The van der Waals surface area contributed by atoms with Crippen molar-refractivity contribution in [2.45, 2.75) is 32.2 Å². The molecule has 0 bridgehead atoms. The molecule has 1 aromatic heterocycles. The molecule has 30 heavy (non-hydrogen) atoms. The van der Waals surface area contributed by atoms with E-state index in [-0.39, 0.29) is 18.6 Å². The first kappa shape index (κ1) is 20.9. The summed E-state index contributed by atoms with van der Waals surface area (Å²) < 4.78 is 10.9. The van der Waals surface area contributed by atoms with Crippen molar-refractivity contribution in [2.24, 2.45) is 0 Å². The fourth-order valence-electron chi connectivity index (χ4n) is 4.06. The zero-order valence-corrected chi connectivity index (χ0v) is 18.2. The van der Waals surface area contributed by atoms with E-state index in [1.54, 1.807) is 0 Å². The molecule has 4 rings (SSSR count). The summed E-state index contributed by atoms with van der Waals surface area (Å²) in [4.78, 5) is 29.9. The van der Waals surface area contributed by atoms with Crippen molar-refractivity contribution < 1.29 is 19.1 Å². The molecular formula is C23H28N2O4S. The van der Waals surface area contributed by atoms with Crippen LogP contribution < -0.4 is 4.90 Å². The van der Waals surface area contributed by atoms with Gasteiger partial charge in [-0.15, -0.1) is 11.3 Å². The Morgan fingerprint density at radius 3 is 2.63 bits per heavy atom. The highest BCUT2D eigenvalue weighted by Crippen LogP contribution is 2.39. The summed E-state index contributed by atoms with van der Waals surface area (Å²) in [6.45, 7) is 5.53. The number of carbonyl (C=O) groups is 2. The number of ether oxygens (including phenoxy) is 2. The molecule has 2 saturated heterocycles. The van der Waals surface area contributed by atoms with E-state index < -0.39 is 5.97 Å². The predicted molar refractivity (Wildman–Crippen MR) is 118 cm³/mol. The minimum atomic E-state index is -0.435. The summed E-state index contributed by atoms with van der Waals surface area (Å²) >= 11 is 1.43. The standard InChI is InChI=1S/C23H28N2O4S/c1-17-7-5-6-10-25(17)21(26)16-29-23(27)20-15-19(18-8-3-2-4-9-18)22(30-20)24-11-13-28-14-12-24/h2-4,8-9,15,17H,5-7,10-14,16H2,1H3. The van der Waals surface area contributed by atoms with Crippen molar-refractivity contribution in [2.75, 3.05) is 44.4 Å². The molecule has 6 nitrogen and oxygen atoms in total. The fraction of sp³-hybridized carbons (Fsp3) is 0.478. The van der Waals surface area contributed by atoms with E-state index in [9.17, 15) is 9.59 Å². The van der Waals surface area contributed by atoms with E-state index in [4.69, 9.17) is 9.47 Å². The van der Waals surface area contributed by atoms with Crippen LogP contribution in [0.3, 0.4) is 0 Å². The molecule has 3 heterocycles. The Morgan fingerprint density at radius 2 is 1.90 bits per heavy atom. The highest BCUT2D eigenvalue weighted by atomic mass is 32.1. The SMILES string of the molecule is CC1CCCCN1C(=O)COC(=O)c1cc(-c2ccccc2)c(N2CCOCC2)s1. The normalized spacial score (nSPS) is 19.6. The third-order valence-electron chi connectivity index (χ3n) is 5.75. The topological polar surface area (TPSA) is 59.1 Å². The molecule has 0 aliphatic carbocycles. The Morgan fingerprint density at radius 1 is 1.13 bits per heavy atom. The zero-order chi connectivity index (χ0) is 20.9. The van der Waals surface area contributed by atoms with Gasteiger partial charge in [-0.3, -0.25) is 4.79 Å². The number of nitrogens with zero attached hydrogens (tertiary/aromatic N) is 2. The van der Waals surface area contributed by atoms with Crippen LogP contribution in [-0.2, 0) is 14.3 Å². The molecule has 1 atom stereocenters. The van der Waals surface area contributed by atoms with Crippen molar-refractivity contribution in [1.82, 2.24) is 4.90 Å². The lowest BCUT2D eigenvalue weighted by Crippen LogP contribution is -2.44. The number of benzene rings is 1. The number of amides is 1. The number of hydrogen-bond donors (Lipinski definition) is 0. The van der Waals surface area contributed by atoms with Crippen LogP contribution in [-0.4, -0.2) is 62.3 Å². The average molecular weight is 429 g/mol. The van der Waals surface area contributed by atoms with Crippen LogP contribution in [0.25, 0.3) is 11.1 Å². The van der Waals surface area contributed by atoms with Crippen molar-refractivity contribution in [3.63, 3.8) is 0 Å². The number of thiophene rings is 1. The van der Waals surface area contributed by atoms with Gasteiger partial charge in [-0.05, 0) is 37.8 Å². The van der Waals surface area contributed by atoms with E-state index >= 15 is 0 Å². The van der Waals surface area contributed by atoms with Gasteiger partial charge >= 0.3 is 5.97 Å². The number of morpholine rings is 1. The fourth-order valence-corrected chi connectivity index (χ4v) is 5.18. The molecule has 1 aromatic carbocycles. The maximum atomic E-state index is 12.8. The molecule has 1 amide bonds. The molecule has 0 N–H and O–H groups in total. The van der Waals surface area contributed by atoms with Crippen LogP contribution in [0.2, 0.25) is 0 Å². The van der Waals surface area contributed by atoms with Crippen LogP contribution in [0, 0.1) is 0 Å². The first-order chi connectivity index (χ1) is 14.6. The predicted octanol–water partition coefficient (Wildman–Crippen LogP) is 3.81. The van der Waals surface area contributed by atoms with Crippen molar-refractivity contribution in [3.8, 4) is 11.1 Å².